The van der Waals surface area contributed by atoms with E-state index < -0.39 is 0 Å². The summed E-state index contributed by atoms with van der Waals surface area (Å²) in [4.78, 5) is 47.6. The van der Waals surface area contributed by atoms with Crippen molar-refractivity contribution in [1.29, 1.82) is 37.9 Å². The summed E-state index contributed by atoms with van der Waals surface area (Å²) in [5.41, 5.74) is 55.8. The van der Waals surface area contributed by atoms with Crippen molar-refractivity contribution in [3.8, 4) is 5.75 Å². The zero-order valence-electron chi connectivity index (χ0n) is 81.1. The molecule has 0 spiro atoms. The molecule has 3 aromatic heterocycles. The molecule has 147 heavy (non-hydrogen) atoms. The zero-order chi connectivity index (χ0) is 105. The number of thiophene rings is 1. The molecule has 4 aliphatic heterocycles. The molecule has 0 radical (unpaired) electrons. The molecular weight excluding hydrogens is 2170 g/mol. The number of hydrogen-bond acceptors (Lipinski definition) is 35. The number of amidine groups is 11. The summed E-state index contributed by atoms with van der Waals surface area (Å²) >= 11 is 42.2. The highest BCUT2D eigenvalue weighted by atomic mass is 35.5. The van der Waals surface area contributed by atoms with Gasteiger partial charge in [-0.05, 0) is 157 Å². The summed E-state index contributed by atoms with van der Waals surface area (Å²) in [7, 11) is 2.97. The molecule has 0 atom stereocenters. The van der Waals surface area contributed by atoms with E-state index in [1.54, 1.807) is 60.3 Å². The number of aliphatic imine (C=N–C) groups is 4. The normalized spacial score (nSPS) is 13.4. The van der Waals surface area contributed by atoms with Gasteiger partial charge in [0.2, 0.25) is 0 Å². The number of fused-ring (bicyclic) bond motifs is 1. The molecule has 0 bridgehead atoms. The Hall–Kier alpha value is -9.56. The number of para-hydroxylation sites is 1. The number of nitrogens with two attached hydrogens (primary N) is 7. The number of ether oxygens (including phenoxy) is 2. The second kappa shape index (κ2) is 66.2. The molecule has 0 aliphatic carbocycles. The standard InChI is InChI=1S/C30H34Cl2N6S2.C28H34N6S3.C12H13N3O2S.C11H16N4OS2.C10H12Cl2N4S2.C9H13N5S2/c31-27-15-25(17-39-29-33-19-37(20-34-29)13-11-23-7-3-1-4-8-23)26(16-28(27)32)18-40-30-35-21-38(22-36-30)14-12-24-9-5-2-6-10-24;1-3-7-23(8-4-1)11-13-33-19-29-27(30-20-33)36-17-25-15-35-16-26(25)18-37-28-31-21-34(22-32-28)14-12-24-9-5-2-6-10-24;1-17-11(16)10-7-4-2-3-5-8(7)15-9(10)6-18-12(13)14;1-16-9-3-2-7(5-17-10(12)13)8(4-9)6-18-11(14)15;11-7-1-5(3-17-9(13)14)6(2-8(7)12)4-18-10(15)16;10-8(11)15-4-6-2-1-3-14-7(6)5-16-9(12)13/h1-10,15-16H,11-14,17-22H2,(H,33,34)(H,35,36);1-10,15-16H,11-14,17-22H2,(H,29,30)(H,31,32);2-5,15H,6H2,1H3,(H3,13,14);2-4H,5-6H2,1H3,(H3,12,13)(H3,14,15);1-2H,3-4H2,(H3,13,14)(H3,15,16);1-3H,4-5H2,(H3,10,11)(H3,12,13). The van der Waals surface area contributed by atoms with Crippen molar-refractivity contribution in [2.45, 2.75) is 89.0 Å². The number of aromatic amines is 1. The van der Waals surface area contributed by atoms with Crippen molar-refractivity contribution in [2.24, 2.45) is 60.1 Å². The number of carbonyl (C=O) groups is 1. The van der Waals surface area contributed by atoms with E-state index >= 15 is 0 Å². The second-order valence-electron chi connectivity index (χ2n) is 32.3. The maximum atomic E-state index is 11.8. The molecule has 7 heterocycles. The molecule has 4 aliphatic rings. The maximum Gasteiger partial charge on any atom is 0.340 e. The number of thioether (sulfide) groups is 11. The van der Waals surface area contributed by atoms with E-state index in [4.69, 9.17) is 154 Å². The van der Waals surface area contributed by atoms with Gasteiger partial charge < -0.3 is 75.9 Å². The van der Waals surface area contributed by atoms with Crippen LogP contribution in [0.2, 0.25) is 20.1 Å². The van der Waals surface area contributed by atoms with Crippen molar-refractivity contribution < 1.29 is 14.3 Å². The van der Waals surface area contributed by atoms with Gasteiger partial charge in [-0.3, -0.25) is 62.4 Å². The lowest BCUT2D eigenvalue weighted by Crippen LogP contribution is -2.42. The molecule has 26 N–H and O–H groups in total. The Morgan fingerprint density at radius 2 is 0.673 bits per heavy atom. The van der Waals surface area contributed by atoms with E-state index in [1.165, 1.54) is 122 Å². The van der Waals surface area contributed by atoms with Crippen LogP contribution in [0.1, 0.15) is 94.1 Å². The highest BCUT2D eigenvalue weighted by Crippen LogP contribution is 2.36. The lowest BCUT2D eigenvalue weighted by atomic mass is 10.1. The predicted octanol–water partition coefficient (Wildman–Crippen LogP) is 20.0. The Labute approximate surface area is 930 Å². The number of hydrogen-bond donors (Lipinski definition) is 19. The van der Waals surface area contributed by atoms with Crippen LogP contribution in [0, 0.1) is 37.9 Å². The van der Waals surface area contributed by atoms with Gasteiger partial charge in [0.05, 0.1) is 98.9 Å². The van der Waals surface area contributed by atoms with Crippen LogP contribution in [-0.4, -0.2) is 186 Å². The maximum absolute atomic E-state index is 11.8. The lowest BCUT2D eigenvalue weighted by Gasteiger charge is -2.27. The summed E-state index contributed by atoms with van der Waals surface area (Å²) in [6, 6.07) is 67.0. The fourth-order valence-corrected chi connectivity index (χ4v) is 23.2. The minimum absolute atomic E-state index is 0.0180. The number of aromatic nitrogens is 2. The minimum atomic E-state index is -0.383. The third-order valence-corrected chi connectivity index (χ3v) is 33.3. The van der Waals surface area contributed by atoms with Gasteiger partial charge in [-0.25, -0.2) is 24.8 Å². The van der Waals surface area contributed by atoms with Crippen molar-refractivity contribution in [1.82, 2.24) is 50.8 Å². The molecular formula is C100H122Cl4N28O3S12. The Morgan fingerprint density at radius 1 is 0.361 bits per heavy atom. The van der Waals surface area contributed by atoms with Crippen molar-refractivity contribution in [3.63, 3.8) is 0 Å². The average Bonchev–Trinajstić information content (AvgIpc) is 1.64. The van der Waals surface area contributed by atoms with Gasteiger partial charge in [0.25, 0.3) is 0 Å². The van der Waals surface area contributed by atoms with Crippen LogP contribution < -0.4 is 66.1 Å². The molecule has 11 aromatic rings. The molecule has 0 saturated carbocycles. The second-order valence-corrected chi connectivity index (χ2v) is 45.6. The van der Waals surface area contributed by atoms with E-state index in [0.29, 0.717) is 79.3 Å². The number of H-pyrrole nitrogens is 1. The highest BCUT2D eigenvalue weighted by molar-refractivity contribution is 8.15. The zero-order valence-corrected chi connectivity index (χ0v) is 93.9. The Kier molecular flexibility index (Phi) is 53.7. The number of esters is 1. The number of methoxy groups -OCH3 is 2. The third-order valence-electron chi connectivity index (χ3n) is 21.7. The van der Waals surface area contributed by atoms with Crippen molar-refractivity contribution >= 4 is 261 Å². The molecule has 47 heteroatoms. The molecule has 0 fully saturated rings. The summed E-state index contributed by atoms with van der Waals surface area (Å²) < 4.78 is 9.97. The van der Waals surface area contributed by atoms with Crippen LogP contribution in [0.25, 0.3) is 10.9 Å². The Morgan fingerprint density at radius 3 is 1.01 bits per heavy atom. The van der Waals surface area contributed by atoms with Gasteiger partial charge in [0.15, 0.2) is 56.8 Å². The topological polar surface area (TPSA) is 524 Å². The number of rotatable bonds is 36. The van der Waals surface area contributed by atoms with Gasteiger partial charge in [-0.1, -0.05) is 327 Å². The number of benzene rings is 8. The van der Waals surface area contributed by atoms with Crippen LogP contribution in [0.4, 0.5) is 0 Å². The summed E-state index contributed by atoms with van der Waals surface area (Å²) in [6.45, 7) is 10.3. The average molecular weight is 2290 g/mol. The van der Waals surface area contributed by atoms with Crippen LogP contribution in [-0.2, 0) is 93.7 Å². The lowest BCUT2D eigenvalue weighted by molar-refractivity contribution is 0.0602. The number of nitrogens with one attached hydrogen (secondary N) is 12. The number of halogens is 4. The van der Waals surface area contributed by atoms with E-state index in [-0.39, 0.29) is 42.1 Å². The molecule has 780 valence electrons. The van der Waals surface area contributed by atoms with Gasteiger partial charge >= 0.3 is 5.97 Å². The van der Waals surface area contributed by atoms with Gasteiger partial charge in [0.1, 0.15) is 5.75 Å². The van der Waals surface area contributed by atoms with E-state index in [9.17, 15) is 4.79 Å². The monoisotopic (exact) mass is 2290 g/mol. The van der Waals surface area contributed by atoms with Crippen molar-refractivity contribution in [2.75, 3.05) is 93.7 Å². The number of pyridine rings is 1. The number of nitrogens with zero attached hydrogens (tertiary/aromatic N) is 9. The molecule has 31 nitrogen and oxygen atoms in total. The molecule has 8 aromatic carbocycles. The first-order chi connectivity index (χ1) is 71.1. The molecule has 0 unspecified atom stereocenters. The van der Waals surface area contributed by atoms with Crippen LogP contribution >= 0.6 is 187 Å². The fraction of sp³-hybridized carbons (Fsp3) is 0.290. The SMILES string of the molecule is COC(=O)c1c(CSC(=N)N)[nH]c2ccccc12.COc1ccc(CSC(=N)N)c(CSC(=N)N)c1.Clc1cc(CSC2=NCN(CCc3ccccc3)CN2)c(CSC2=NCN(CCc3ccccc3)CN2)cc1Cl.N=C(N)SCc1cc(Cl)c(Cl)cc1CSC(=N)N.N=C(N)SCc1cccnc1CSC(=N)N.c1ccc(CCN2CN=C(SCc3cscc3CSC3=NCN(CCc4ccccc4)CN3)NC2)cc1. The Balaban J connectivity index is 0.000000189. The molecule has 0 amide bonds. The minimum Gasteiger partial charge on any atom is -0.497 e. The quantitative estimate of drug-likeness (QED) is 0.00985. The first kappa shape index (κ1) is 119. The summed E-state index contributed by atoms with van der Waals surface area (Å²) in [6.07, 6.45) is 5.87. The summed E-state index contributed by atoms with van der Waals surface area (Å²) in [5.74, 6) is 7.79. The summed E-state index contributed by atoms with van der Waals surface area (Å²) in [5, 5.41) is 76.3. The number of carbonyl (C=O) groups excluding carboxylic acids is 1. The van der Waals surface area contributed by atoms with E-state index in [1.807, 2.05) is 90.3 Å². The Bertz CT molecular complexity index is 5980. The molecule has 0 saturated heterocycles. The smallest absolute Gasteiger partial charge is 0.340 e. The third kappa shape index (κ3) is 44.9. The highest BCUT2D eigenvalue weighted by Gasteiger charge is 2.24. The van der Waals surface area contributed by atoms with Gasteiger partial charge in [0, 0.05) is 112 Å². The van der Waals surface area contributed by atoms with Gasteiger partial charge in [-0.15, -0.1) is 0 Å². The van der Waals surface area contributed by atoms with Gasteiger partial charge in [-0.2, -0.15) is 11.3 Å². The van der Waals surface area contributed by atoms with E-state index in [0.717, 1.165) is 203 Å². The van der Waals surface area contributed by atoms with Crippen LogP contribution in [0.15, 0.2) is 237 Å². The van der Waals surface area contributed by atoms with Crippen LogP contribution in [0.3, 0.4) is 0 Å². The first-order valence-corrected chi connectivity index (χ1v) is 59.1. The van der Waals surface area contributed by atoms with Crippen molar-refractivity contribution in [3.05, 3.63) is 327 Å². The predicted molar refractivity (Wildman–Crippen MR) is 640 cm³/mol. The molecule has 15 rings (SSSR count). The van der Waals surface area contributed by atoms with Crippen LogP contribution in [0.5, 0.6) is 5.75 Å². The van der Waals surface area contributed by atoms with E-state index in [2.05, 4.69) is 183 Å². The fourth-order valence-electron chi connectivity index (χ4n) is 13.9. The largest absolute Gasteiger partial charge is 0.497 e. The first-order valence-electron chi connectivity index (χ1n) is 45.8.